The van der Waals surface area contributed by atoms with E-state index in [4.69, 9.17) is 5.73 Å². The predicted octanol–water partition coefficient (Wildman–Crippen LogP) is 2.61. The number of nitrogens with zero attached hydrogens (tertiary/aromatic N) is 3. The highest BCUT2D eigenvalue weighted by Gasteiger charge is 2.35. The van der Waals surface area contributed by atoms with E-state index in [0.717, 1.165) is 18.9 Å². The summed E-state index contributed by atoms with van der Waals surface area (Å²) in [5.41, 5.74) is 6.22. The molecule has 2 aliphatic rings. The third kappa shape index (κ3) is 2.28. The van der Waals surface area contributed by atoms with Crippen molar-refractivity contribution >= 4 is 11.6 Å². The smallest absolute Gasteiger partial charge is 0.151 e. The zero-order valence-electron chi connectivity index (χ0n) is 10.9. The van der Waals surface area contributed by atoms with Crippen molar-refractivity contribution in [1.82, 2.24) is 10.2 Å². The highest BCUT2D eigenvalue weighted by molar-refractivity contribution is 5.41. The molecule has 0 atom stereocenters. The fourth-order valence-corrected chi connectivity index (χ4v) is 3.52. The lowest BCUT2D eigenvalue weighted by Crippen LogP contribution is -2.41. The lowest BCUT2D eigenvalue weighted by molar-refractivity contribution is 0.144. The Morgan fingerprint density at radius 3 is 2.28 bits per heavy atom. The number of piperidine rings is 1. The molecular formula is C14H22N4. The van der Waals surface area contributed by atoms with Gasteiger partial charge in [-0.15, -0.1) is 10.2 Å². The number of aromatic nitrogens is 2. The Balaban J connectivity index is 1.64. The fourth-order valence-electron chi connectivity index (χ4n) is 3.52. The molecule has 1 aromatic rings. The van der Waals surface area contributed by atoms with Crippen LogP contribution in [0.1, 0.15) is 44.9 Å². The molecule has 3 rings (SSSR count). The van der Waals surface area contributed by atoms with E-state index in [1.54, 1.807) is 0 Å². The molecular weight excluding hydrogens is 224 g/mol. The standard InChI is InChI=1S/C14H22N4/c15-12-4-5-13(17-16-12)18-10-8-14(9-11-18)6-2-1-3-7-14/h4-5H,1-3,6-11H2,(H2,15,16). The van der Waals surface area contributed by atoms with Crippen molar-refractivity contribution < 1.29 is 0 Å². The second-order valence-electron chi connectivity index (χ2n) is 5.86. The molecule has 1 aliphatic carbocycles. The molecule has 1 saturated heterocycles. The van der Waals surface area contributed by atoms with Gasteiger partial charge in [-0.1, -0.05) is 19.3 Å². The van der Waals surface area contributed by atoms with Crippen LogP contribution in [-0.2, 0) is 0 Å². The Labute approximate surface area is 109 Å². The molecule has 4 heteroatoms. The molecule has 18 heavy (non-hydrogen) atoms. The summed E-state index contributed by atoms with van der Waals surface area (Å²) in [5.74, 6) is 1.48. The Hall–Kier alpha value is -1.32. The van der Waals surface area contributed by atoms with E-state index in [2.05, 4.69) is 15.1 Å². The monoisotopic (exact) mass is 246 g/mol. The molecule has 1 aromatic heterocycles. The first-order valence-corrected chi connectivity index (χ1v) is 7.12. The van der Waals surface area contributed by atoms with Crippen LogP contribution in [0, 0.1) is 5.41 Å². The van der Waals surface area contributed by atoms with Gasteiger partial charge in [0.2, 0.25) is 0 Å². The van der Waals surface area contributed by atoms with Crippen LogP contribution in [0.4, 0.5) is 11.6 Å². The van der Waals surface area contributed by atoms with E-state index in [1.807, 2.05) is 12.1 Å². The minimum absolute atomic E-state index is 0.500. The Kier molecular flexibility index (Phi) is 3.10. The largest absolute Gasteiger partial charge is 0.382 e. The van der Waals surface area contributed by atoms with Crippen molar-refractivity contribution in [2.45, 2.75) is 44.9 Å². The highest BCUT2D eigenvalue weighted by Crippen LogP contribution is 2.44. The maximum Gasteiger partial charge on any atom is 0.151 e. The molecule has 4 nitrogen and oxygen atoms in total. The SMILES string of the molecule is Nc1ccc(N2CCC3(CCCCC3)CC2)nn1. The molecule has 0 radical (unpaired) electrons. The van der Waals surface area contributed by atoms with Crippen molar-refractivity contribution in [1.29, 1.82) is 0 Å². The van der Waals surface area contributed by atoms with Crippen LogP contribution < -0.4 is 10.6 Å². The zero-order chi connectivity index (χ0) is 12.4. The van der Waals surface area contributed by atoms with E-state index < -0.39 is 0 Å². The van der Waals surface area contributed by atoms with Gasteiger partial charge in [0, 0.05) is 13.1 Å². The van der Waals surface area contributed by atoms with Crippen LogP contribution in [0.3, 0.4) is 0 Å². The molecule has 2 N–H and O–H groups in total. The molecule has 2 heterocycles. The average molecular weight is 246 g/mol. The number of hydrogen-bond donors (Lipinski definition) is 1. The van der Waals surface area contributed by atoms with Crippen LogP contribution in [0.5, 0.6) is 0 Å². The fraction of sp³-hybridized carbons (Fsp3) is 0.714. The summed E-state index contributed by atoms with van der Waals surface area (Å²) in [7, 11) is 0. The minimum atomic E-state index is 0.500. The number of hydrogen-bond acceptors (Lipinski definition) is 4. The summed E-state index contributed by atoms with van der Waals surface area (Å²) in [4.78, 5) is 2.35. The van der Waals surface area contributed by atoms with E-state index in [0.29, 0.717) is 11.2 Å². The summed E-state index contributed by atoms with van der Waals surface area (Å²) in [6.07, 6.45) is 9.82. The number of anilines is 2. The first-order chi connectivity index (χ1) is 8.77. The van der Waals surface area contributed by atoms with Gasteiger partial charge in [0.15, 0.2) is 5.82 Å². The summed E-state index contributed by atoms with van der Waals surface area (Å²) in [6, 6.07) is 3.83. The zero-order valence-corrected chi connectivity index (χ0v) is 10.9. The van der Waals surface area contributed by atoms with Crippen molar-refractivity contribution in [3.05, 3.63) is 12.1 Å². The summed E-state index contributed by atoms with van der Waals surface area (Å²) < 4.78 is 0. The van der Waals surface area contributed by atoms with Crippen molar-refractivity contribution in [3.63, 3.8) is 0 Å². The number of rotatable bonds is 1. The van der Waals surface area contributed by atoms with Crippen LogP contribution in [0.2, 0.25) is 0 Å². The van der Waals surface area contributed by atoms with E-state index >= 15 is 0 Å². The molecule has 0 unspecified atom stereocenters. The topological polar surface area (TPSA) is 55.0 Å². The van der Waals surface area contributed by atoms with Gasteiger partial charge in [-0.25, -0.2) is 0 Å². The lowest BCUT2D eigenvalue weighted by Gasteiger charge is -2.44. The minimum Gasteiger partial charge on any atom is -0.382 e. The Morgan fingerprint density at radius 2 is 1.67 bits per heavy atom. The summed E-state index contributed by atoms with van der Waals surface area (Å²) in [5, 5.41) is 8.13. The van der Waals surface area contributed by atoms with Gasteiger partial charge in [-0.05, 0) is 43.2 Å². The van der Waals surface area contributed by atoms with Crippen LogP contribution >= 0.6 is 0 Å². The molecule has 2 fully saturated rings. The Morgan fingerprint density at radius 1 is 0.944 bits per heavy atom. The highest BCUT2D eigenvalue weighted by atomic mass is 15.3. The molecule has 0 amide bonds. The molecule has 1 spiro atoms. The van der Waals surface area contributed by atoms with E-state index in [1.165, 1.54) is 44.9 Å². The average Bonchev–Trinajstić information content (AvgIpc) is 2.42. The van der Waals surface area contributed by atoms with Gasteiger partial charge < -0.3 is 10.6 Å². The summed E-state index contributed by atoms with van der Waals surface area (Å²) >= 11 is 0. The van der Waals surface area contributed by atoms with Gasteiger partial charge in [-0.3, -0.25) is 0 Å². The van der Waals surface area contributed by atoms with Gasteiger partial charge in [0.05, 0.1) is 0 Å². The van der Waals surface area contributed by atoms with Gasteiger partial charge in [0.1, 0.15) is 5.82 Å². The molecule has 98 valence electrons. The van der Waals surface area contributed by atoms with Gasteiger partial charge in [-0.2, -0.15) is 0 Å². The van der Waals surface area contributed by atoms with Crippen LogP contribution in [0.15, 0.2) is 12.1 Å². The number of nitrogens with two attached hydrogens (primary N) is 1. The van der Waals surface area contributed by atoms with Crippen LogP contribution in [-0.4, -0.2) is 23.3 Å². The Bertz CT molecular complexity index is 385. The molecule has 0 bridgehead atoms. The van der Waals surface area contributed by atoms with Crippen molar-refractivity contribution in [3.8, 4) is 0 Å². The second-order valence-corrected chi connectivity index (χ2v) is 5.86. The molecule has 0 aromatic carbocycles. The van der Waals surface area contributed by atoms with E-state index in [9.17, 15) is 0 Å². The van der Waals surface area contributed by atoms with Gasteiger partial charge >= 0.3 is 0 Å². The molecule has 1 saturated carbocycles. The normalized spacial score (nSPS) is 23.2. The maximum absolute atomic E-state index is 5.58. The van der Waals surface area contributed by atoms with Gasteiger partial charge in [0.25, 0.3) is 0 Å². The second kappa shape index (κ2) is 4.75. The third-order valence-corrected chi connectivity index (χ3v) is 4.73. The quantitative estimate of drug-likeness (QED) is 0.827. The first-order valence-electron chi connectivity index (χ1n) is 7.12. The summed E-state index contributed by atoms with van der Waals surface area (Å²) in [6.45, 7) is 2.25. The van der Waals surface area contributed by atoms with Crippen molar-refractivity contribution in [2.24, 2.45) is 5.41 Å². The van der Waals surface area contributed by atoms with Crippen LogP contribution in [0.25, 0.3) is 0 Å². The van der Waals surface area contributed by atoms with E-state index in [-0.39, 0.29) is 0 Å². The first kappa shape index (κ1) is 11.8. The third-order valence-electron chi connectivity index (χ3n) is 4.73. The lowest BCUT2D eigenvalue weighted by atomic mass is 9.68. The number of nitrogen functional groups attached to an aromatic ring is 1. The predicted molar refractivity (Wildman–Crippen MR) is 73.4 cm³/mol. The molecule has 1 aliphatic heterocycles. The van der Waals surface area contributed by atoms with Crippen molar-refractivity contribution in [2.75, 3.05) is 23.7 Å². The maximum atomic E-state index is 5.58.